The first-order valence-corrected chi connectivity index (χ1v) is 18.2. The van der Waals surface area contributed by atoms with Crippen LogP contribution in [0.25, 0.3) is 11.1 Å². The van der Waals surface area contributed by atoms with Crippen LogP contribution in [0.3, 0.4) is 0 Å². The molecule has 2 aromatic rings. The van der Waals surface area contributed by atoms with Crippen LogP contribution >= 0.6 is 23.2 Å². The average molecular weight is 748 g/mol. The Morgan fingerprint density at radius 1 is 0.922 bits per heavy atom. The Balaban J connectivity index is 1.62. The van der Waals surface area contributed by atoms with Gasteiger partial charge in [-0.15, -0.1) is 0 Å². The molecular weight excluding hydrogens is 699 g/mol. The van der Waals surface area contributed by atoms with Gasteiger partial charge in [-0.2, -0.15) is 0 Å². The lowest BCUT2D eigenvalue weighted by molar-refractivity contribution is -0.164. The summed E-state index contributed by atoms with van der Waals surface area (Å²) in [7, 11) is 0. The second-order valence-electron chi connectivity index (χ2n) is 13.8. The van der Waals surface area contributed by atoms with Crippen LogP contribution in [-0.2, 0) is 39.8 Å². The van der Waals surface area contributed by atoms with E-state index in [0.717, 1.165) is 16.7 Å². The summed E-state index contributed by atoms with van der Waals surface area (Å²) in [6, 6.07) is 11.8. The van der Waals surface area contributed by atoms with Gasteiger partial charge >= 0.3 is 12.1 Å². The maximum Gasteiger partial charge on any atom is 0.407 e. The van der Waals surface area contributed by atoms with E-state index in [0.29, 0.717) is 62.2 Å². The molecule has 2 aromatic carbocycles. The van der Waals surface area contributed by atoms with Gasteiger partial charge in [0, 0.05) is 29.7 Å². The molecule has 0 unspecified atom stereocenters. The number of esters is 1. The third-order valence-electron chi connectivity index (χ3n) is 8.63. The topological polar surface area (TPSA) is 152 Å². The molecule has 0 bridgehead atoms. The van der Waals surface area contributed by atoms with Crippen LogP contribution < -0.4 is 16.0 Å². The zero-order chi connectivity index (χ0) is 37.0. The molecule has 0 aromatic heterocycles. The van der Waals surface area contributed by atoms with Crippen molar-refractivity contribution in [2.75, 3.05) is 46.0 Å². The Labute approximate surface area is 309 Å². The molecule has 2 saturated heterocycles. The molecule has 3 N–H and O–H groups in total. The summed E-state index contributed by atoms with van der Waals surface area (Å²) in [5, 5.41) is 9.30. The summed E-state index contributed by atoms with van der Waals surface area (Å²) in [5.74, 6) is -3.71. The molecule has 4 amide bonds. The third-order valence-corrected chi connectivity index (χ3v) is 9.07. The number of cyclic esters (lactones) is 1. The highest BCUT2D eigenvalue weighted by atomic mass is 35.5. The van der Waals surface area contributed by atoms with E-state index in [-0.39, 0.29) is 38.3 Å². The van der Waals surface area contributed by atoms with Crippen molar-refractivity contribution in [3.8, 4) is 11.1 Å². The molecule has 2 aliphatic heterocycles. The Hall–Kier alpha value is -3.87. The first-order valence-electron chi connectivity index (χ1n) is 17.4. The highest BCUT2D eigenvalue weighted by molar-refractivity contribution is 6.35. The van der Waals surface area contributed by atoms with E-state index < -0.39 is 47.4 Å². The fourth-order valence-corrected chi connectivity index (χ4v) is 6.55. The largest absolute Gasteiger partial charge is 0.460 e. The van der Waals surface area contributed by atoms with Crippen LogP contribution in [0.15, 0.2) is 42.5 Å². The van der Waals surface area contributed by atoms with E-state index in [1.165, 1.54) is 0 Å². The van der Waals surface area contributed by atoms with Gasteiger partial charge < -0.3 is 35.1 Å². The molecule has 3 atom stereocenters. The van der Waals surface area contributed by atoms with Gasteiger partial charge in [0.2, 0.25) is 17.7 Å². The molecule has 0 radical (unpaired) electrons. The zero-order valence-corrected chi connectivity index (χ0v) is 30.9. The lowest BCUT2D eigenvalue weighted by Gasteiger charge is -2.30. The Morgan fingerprint density at radius 3 is 2.27 bits per heavy atom. The van der Waals surface area contributed by atoms with Crippen LogP contribution in [0.4, 0.5) is 4.79 Å². The van der Waals surface area contributed by atoms with Gasteiger partial charge in [0.1, 0.15) is 11.6 Å². The second kappa shape index (κ2) is 19.1. The minimum Gasteiger partial charge on any atom is -0.460 e. The molecule has 4 rings (SSSR count). The quantitative estimate of drug-likeness (QED) is 0.338. The van der Waals surface area contributed by atoms with Crippen molar-refractivity contribution in [3.05, 3.63) is 58.1 Å². The number of carbonyl (C=O) groups is 5. The lowest BCUT2D eigenvalue weighted by atomic mass is 9.82. The molecule has 0 aliphatic carbocycles. The van der Waals surface area contributed by atoms with Crippen molar-refractivity contribution in [1.82, 2.24) is 20.9 Å². The molecule has 14 heteroatoms. The molecule has 2 aliphatic rings. The van der Waals surface area contributed by atoms with E-state index in [2.05, 4.69) is 16.0 Å². The van der Waals surface area contributed by atoms with Gasteiger partial charge in [0.05, 0.1) is 38.2 Å². The van der Waals surface area contributed by atoms with Crippen molar-refractivity contribution in [2.24, 2.45) is 11.8 Å². The standard InChI is InChI=1S/C37H48Cl2N4O8/c1-37(2,3)51-35(47)29-7-6-16-50-36(48)40-13-5-4-8-31(34(46)41-23-32(44)43-14-17-49-18-15-43)42-33(45)30(29)19-24-9-11-25(12-10-24)26-20-27(38)22-28(39)21-26/h9-12,20-22,29-31H,4-8,13-19,23H2,1-3H3,(H,40,48)(H,41,46)(H,42,45)/t29-,30+,31-/m0/s1. The SMILES string of the molecule is CC(C)(C)OC(=O)[C@H]1CCCOC(=O)NCCCC[C@@H](C(=O)NCC(=O)N2CCOCC2)NC(=O)[C@@H]1Cc1ccc(-c2cc(Cl)cc(Cl)c2)cc1. The van der Waals surface area contributed by atoms with Crippen LogP contribution in [0.1, 0.15) is 58.4 Å². The normalized spacial score (nSPS) is 21.2. The number of ether oxygens (including phenoxy) is 3. The van der Waals surface area contributed by atoms with Crippen LogP contribution in [0.2, 0.25) is 10.0 Å². The fourth-order valence-electron chi connectivity index (χ4n) is 6.03. The van der Waals surface area contributed by atoms with Crippen molar-refractivity contribution in [3.63, 3.8) is 0 Å². The molecule has 0 spiro atoms. The Morgan fingerprint density at radius 2 is 1.61 bits per heavy atom. The van der Waals surface area contributed by atoms with Crippen LogP contribution in [0.5, 0.6) is 0 Å². The molecular formula is C37H48Cl2N4O8. The summed E-state index contributed by atoms with van der Waals surface area (Å²) < 4.78 is 16.5. The number of carbonyl (C=O) groups excluding carboxylic acids is 5. The van der Waals surface area contributed by atoms with E-state index in [4.69, 9.17) is 37.4 Å². The molecule has 2 fully saturated rings. The predicted molar refractivity (Wildman–Crippen MR) is 193 cm³/mol. The van der Waals surface area contributed by atoms with E-state index in [1.54, 1.807) is 43.9 Å². The number of nitrogens with zero attached hydrogens (tertiary/aromatic N) is 1. The summed E-state index contributed by atoms with van der Waals surface area (Å²) in [6.07, 6.45) is 1.29. The van der Waals surface area contributed by atoms with Gasteiger partial charge in [-0.1, -0.05) is 47.5 Å². The molecule has 0 saturated carbocycles. The first-order chi connectivity index (χ1) is 24.3. The number of halogens is 2. The van der Waals surface area contributed by atoms with Crippen molar-refractivity contribution >= 4 is 53.0 Å². The van der Waals surface area contributed by atoms with Gasteiger partial charge in [0.25, 0.3) is 0 Å². The number of alkyl carbamates (subject to hydrolysis) is 1. The molecule has 12 nitrogen and oxygen atoms in total. The number of hydrogen-bond acceptors (Lipinski definition) is 8. The maximum atomic E-state index is 14.3. The van der Waals surface area contributed by atoms with E-state index in [9.17, 15) is 24.0 Å². The van der Waals surface area contributed by atoms with Crippen molar-refractivity contribution < 1.29 is 38.2 Å². The molecule has 51 heavy (non-hydrogen) atoms. The van der Waals surface area contributed by atoms with Crippen LogP contribution in [-0.4, -0.2) is 92.3 Å². The van der Waals surface area contributed by atoms with E-state index in [1.807, 2.05) is 24.3 Å². The summed E-state index contributed by atoms with van der Waals surface area (Å²) in [6.45, 7) is 7.11. The summed E-state index contributed by atoms with van der Waals surface area (Å²) >= 11 is 12.5. The fraction of sp³-hybridized carbons (Fsp3) is 0.541. The number of nitrogens with one attached hydrogen (secondary N) is 3. The Kier molecular flexibility index (Phi) is 14.9. The van der Waals surface area contributed by atoms with Gasteiger partial charge in [0.15, 0.2) is 0 Å². The second-order valence-corrected chi connectivity index (χ2v) is 14.7. The predicted octanol–water partition coefficient (Wildman–Crippen LogP) is 4.93. The van der Waals surface area contributed by atoms with Crippen molar-refractivity contribution in [1.29, 1.82) is 0 Å². The molecule has 278 valence electrons. The van der Waals surface area contributed by atoms with E-state index >= 15 is 0 Å². The monoisotopic (exact) mass is 746 g/mol. The first kappa shape index (κ1) is 39.9. The number of benzene rings is 2. The summed E-state index contributed by atoms with van der Waals surface area (Å²) in [5.41, 5.74) is 1.62. The average Bonchev–Trinajstić information content (AvgIpc) is 3.08. The maximum absolute atomic E-state index is 14.3. The minimum atomic E-state index is -0.996. The van der Waals surface area contributed by atoms with Gasteiger partial charge in [-0.25, -0.2) is 4.79 Å². The number of amides is 4. The highest BCUT2D eigenvalue weighted by Crippen LogP contribution is 2.30. The van der Waals surface area contributed by atoms with Crippen LogP contribution in [0, 0.1) is 11.8 Å². The molecule has 2 heterocycles. The lowest BCUT2D eigenvalue weighted by Crippen LogP contribution is -2.53. The highest BCUT2D eigenvalue weighted by Gasteiger charge is 2.38. The smallest absolute Gasteiger partial charge is 0.407 e. The number of hydrogen-bond donors (Lipinski definition) is 3. The number of morpholine rings is 1. The Bertz CT molecular complexity index is 1510. The third kappa shape index (κ3) is 13.0. The number of rotatable bonds is 7. The summed E-state index contributed by atoms with van der Waals surface area (Å²) in [4.78, 5) is 68.4. The minimum absolute atomic E-state index is 0.0402. The van der Waals surface area contributed by atoms with Gasteiger partial charge in [-0.3, -0.25) is 19.2 Å². The van der Waals surface area contributed by atoms with Gasteiger partial charge in [-0.05, 0) is 94.2 Å². The zero-order valence-electron chi connectivity index (χ0n) is 29.4. The van der Waals surface area contributed by atoms with Crippen molar-refractivity contribution in [2.45, 2.75) is 70.9 Å².